The summed E-state index contributed by atoms with van der Waals surface area (Å²) in [6, 6.07) is 10.7. The number of nitrogens with zero attached hydrogens (tertiary/aromatic N) is 2. The number of amides is 1. The highest BCUT2D eigenvalue weighted by Crippen LogP contribution is 2.45. The number of benzene rings is 2. The Hall–Kier alpha value is -2.92. The lowest BCUT2D eigenvalue weighted by Crippen LogP contribution is -2.57. The van der Waals surface area contributed by atoms with Crippen LogP contribution in [-0.4, -0.2) is 41.9 Å². The summed E-state index contributed by atoms with van der Waals surface area (Å²) < 4.78 is 86.1. The van der Waals surface area contributed by atoms with Gasteiger partial charge in [0.15, 0.2) is 0 Å². The largest absolute Gasteiger partial charge is 0.416 e. The van der Waals surface area contributed by atoms with Crippen molar-refractivity contribution in [3.05, 3.63) is 70.8 Å². The van der Waals surface area contributed by atoms with Crippen LogP contribution in [0.15, 0.2) is 53.5 Å². The molecule has 2 aliphatic heterocycles. The summed E-state index contributed by atoms with van der Waals surface area (Å²) >= 11 is 0. The van der Waals surface area contributed by atoms with Crippen LogP contribution in [0.1, 0.15) is 61.0 Å². The number of ether oxygens (including phenoxy) is 1. The first-order chi connectivity index (χ1) is 17.8. The summed E-state index contributed by atoms with van der Waals surface area (Å²) in [7, 11) is 0. The molecule has 0 radical (unpaired) electrons. The molecule has 204 valence electrons. The van der Waals surface area contributed by atoms with E-state index in [-0.39, 0.29) is 30.2 Å². The Morgan fingerprint density at radius 3 is 2.16 bits per heavy atom. The van der Waals surface area contributed by atoms with Gasteiger partial charge in [-0.25, -0.2) is 0 Å². The van der Waals surface area contributed by atoms with Crippen molar-refractivity contribution in [1.82, 2.24) is 10.2 Å². The van der Waals surface area contributed by atoms with Gasteiger partial charge in [0.25, 0.3) is 5.91 Å². The van der Waals surface area contributed by atoms with E-state index in [2.05, 4.69) is 10.3 Å². The van der Waals surface area contributed by atoms with E-state index in [1.807, 2.05) is 30.3 Å². The number of rotatable bonds is 6. The molecule has 1 N–H and O–H groups in total. The minimum absolute atomic E-state index is 0.00592. The first-order valence-corrected chi connectivity index (χ1v) is 12.4. The molecule has 1 aliphatic carbocycles. The molecule has 2 aromatic rings. The Labute approximate surface area is 215 Å². The molecule has 5 rings (SSSR count). The van der Waals surface area contributed by atoms with E-state index in [1.165, 1.54) is 6.92 Å². The van der Waals surface area contributed by atoms with E-state index in [1.54, 1.807) is 11.2 Å². The van der Waals surface area contributed by atoms with E-state index >= 15 is 0 Å². The van der Waals surface area contributed by atoms with Crippen LogP contribution < -0.4 is 5.32 Å². The molecular weight excluding hydrogens is 512 g/mol. The predicted molar refractivity (Wildman–Crippen MR) is 127 cm³/mol. The van der Waals surface area contributed by atoms with Gasteiger partial charge in [-0.3, -0.25) is 14.7 Å². The van der Waals surface area contributed by atoms with E-state index < -0.39 is 40.7 Å². The first-order valence-electron chi connectivity index (χ1n) is 12.4. The summed E-state index contributed by atoms with van der Waals surface area (Å²) in [6.45, 7) is 1.88. The molecule has 2 aromatic carbocycles. The summed E-state index contributed by atoms with van der Waals surface area (Å²) in [5, 5.41) is 3.48. The molecule has 3 atom stereocenters. The quantitative estimate of drug-likeness (QED) is 0.469. The molecule has 2 fully saturated rings. The molecule has 3 aliphatic rings. The zero-order chi connectivity index (χ0) is 27.3. The van der Waals surface area contributed by atoms with Gasteiger partial charge in [-0.15, -0.1) is 0 Å². The van der Waals surface area contributed by atoms with Crippen molar-refractivity contribution in [2.24, 2.45) is 4.99 Å². The van der Waals surface area contributed by atoms with Crippen molar-refractivity contribution < 1.29 is 35.9 Å². The third-order valence-corrected chi connectivity index (χ3v) is 7.74. The van der Waals surface area contributed by atoms with Gasteiger partial charge in [0.2, 0.25) is 0 Å². The van der Waals surface area contributed by atoms with Crippen molar-refractivity contribution in [2.75, 3.05) is 13.2 Å². The number of carbonyl (C=O) groups is 1. The predicted octanol–water partition coefficient (Wildman–Crippen LogP) is 5.85. The fourth-order valence-corrected chi connectivity index (χ4v) is 5.18. The number of halogens is 6. The molecule has 0 bridgehead atoms. The molecule has 1 amide bonds. The Morgan fingerprint density at radius 2 is 1.66 bits per heavy atom. The molecular formula is C27H27F6N3O2. The van der Waals surface area contributed by atoms with Gasteiger partial charge in [0.05, 0.1) is 41.8 Å². The standard InChI is InChI=1S/C27H27F6N3O2/c1-17(18-11-20(26(28,29)30)13-21(12-18)27(31,32)33)38-15-25(19-5-3-2-4-6-19)8-7-22(14-34-25)36-16-35-24(9-10-24)23(36)37/h2-6,11-13,16-17,22,34H,7-10,14-15H2,1H3/t17-,22?,25-/m1/s1. The molecule has 1 saturated heterocycles. The Bertz CT molecular complexity index is 1180. The van der Waals surface area contributed by atoms with E-state index in [0.29, 0.717) is 31.5 Å². The van der Waals surface area contributed by atoms with Crippen molar-refractivity contribution in [2.45, 2.75) is 68.2 Å². The smallest absolute Gasteiger partial charge is 0.372 e. The topological polar surface area (TPSA) is 53.9 Å². The van der Waals surface area contributed by atoms with Crippen LogP contribution in [0.5, 0.6) is 0 Å². The van der Waals surface area contributed by atoms with Crippen LogP contribution in [0, 0.1) is 0 Å². The average Bonchev–Trinajstić information content (AvgIpc) is 3.61. The van der Waals surface area contributed by atoms with Crippen molar-refractivity contribution in [3.8, 4) is 0 Å². The number of nitrogens with one attached hydrogen (secondary N) is 1. The maximum atomic E-state index is 13.3. The highest BCUT2D eigenvalue weighted by atomic mass is 19.4. The van der Waals surface area contributed by atoms with Crippen LogP contribution in [0.25, 0.3) is 0 Å². The Kier molecular flexibility index (Phi) is 6.58. The van der Waals surface area contributed by atoms with Gasteiger partial charge in [0, 0.05) is 6.54 Å². The zero-order valence-electron chi connectivity index (χ0n) is 20.6. The molecule has 11 heteroatoms. The highest BCUT2D eigenvalue weighted by Gasteiger charge is 2.56. The van der Waals surface area contributed by atoms with Gasteiger partial charge >= 0.3 is 12.4 Å². The second kappa shape index (κ2) is 9.37. The summed E-state index contributed by atoms with van der Waals surface area (Å²) in [5.41, 5.74) is -3.40. The van der Waals surface area contributed by atoms with Gasteiger partial charge in [0.1, 0.15) is 5.54 Å². The lowest BCUT2D eigenvalue weighted by molar-refractivity contribution is -0.143. The SMILES string of the molecule is C[C@@H](OC[C@@]1(c2ccccc2)CCC(N2C=NC3(CC3)C2=O)CN1)c1cc(C(F)(F)F)cc(C(F)(F)F)c1. The molecule has 38 heavy (non-hydrogen) atoms. The minimum Gasteiger partial charge on any atom is -0.372 e. The summed E-state index contributed by atoms with van der Waals surface area (Å²) in [5.74, 6) is 0.00592. The minimum atomic E-state index is -4.93. The summed E-state index contributed by atoms with van der Waals surface area (Å²) in [4.78, 5) is 18.8. The third-order valence-electron chi connectivity index (χ3n) is 7.74. The molecule has 1 saturated carbocycles. The number of carbonyl (C=O) groups excluding carboxylic acids is 1. The van der Waals surface area contributed by atoms with Crippen molar-refractivity contribution >= 4 is 12.2 Å². The molecule has 2 heterocycles. The van der Waals surface area contributed by atoms with Crippen LogP contribution in [-0.2, 0) is 27.4 Å². The second-order valence-corrected chi connectivity index (χ2v) is 10.3. The third kappa shape index (κ3) is 5.05. The zero-order valence-corrected chi connectivity index (χ0v) is 20.6. The Morgan fingerprint density at radius 1 is 1.03 bits per heavy atom. The molecule has 0 aromatic heterocycles. The highest BCUT2D eigenvalue weighted by molar-refractivity contribution is 6.02. The summed E-state index contributed by atoms with van der Waals surface area (Å²) in [6.07, 6.45) is -6.63. The van der Waals surface area contributed by atoms with Crippen LogP contribution in [0.2, 0.25) is 0 Å². The lowest BCUT2D eigenvalue weighted by Gasteiger charge is -2.44. The average molecular weight is 540 g/mol. The molecule has 5 nitrogen and oxygen atoms in total. The number of hydrogen-bond donors (Lipinski definition) is 1. The number of piperidine rings is 1. The second-order valence-electron chi connectivity index (χ2n) is 10.3. The van der Waals surface area contributed by atoms with Gasteiger partial charge in [-0.05, 0) is 61.9 Å². The van der Waals surface area contributed by atoms with E-state index in [0.717, 1.165) is 18.4 Å². The fourth-order valence-electron chi connectivity index (χ4n) is 5.18. The number of hydrogen-bond acceptors (Lipinski definition) is 4. The Balaban J connectivity index is 1.35. The van der Waals surface area contributed by atoms with Crippen LogP contribution >= 0.6 is 0 Å². The number of aliphatic imine (C=N–C) groups is 1. The molecule has 1 spiro atoms. The fraction of sp³-hybridized carbons (Fsp3) is 0.481. The normalized spacial score (nSPS) is 25.7. The van der Waals surface area contributed by atoms with Gasteiger partial charge in [-0.1, -0.05) is 30.3 Å². The van der Waals surface area contributed by atoms with Crippen molar-refractivity contribution in [3.63, 3.8) is 0 Å². The van der Waals surface area contributed by atoms with Crippen LogP contribution in [0.3, 0.4) is 0 Å². The van der Waals surface area contributed by atoms with Gasteiger partial charge in [-0.2, -0.15) is 26.3 Å². The number of alkyl halides is 6. The lowest BCUT2D eigenvalue weighted by atomic mass is 9.81. The van der Waals surface area contributed by atoms with Gasteiger partial charge < -0.3 is 10.1 Å². The monoisotopic (exact) mass is 539 g/mol. The molecule has 1 unspecified atom stereocenters. The van der Waals surface area contributed by atoms with Crippen molar-refractivity contribution in [1.29, 1.82) is 0 Å². The maximum absolute atomic E-state index is 13.3. The maximum Gasteiger partial charge on any atom is 0.416 e. The van der Waals surface area contributed by atoms with E-state index in [9.17, 15) is 31.1 Å². The van der Waals surface area contributed by atoms with E-state index in [4.69, 9.17) is 4.74 Å². The first kappa shape index (κ1) is 26.7. The van der Waals surface area contributed by atoms with Crippen LogP contribution in [0.4, 0.5) is 26.3 Å².